The number of likely N-dealkylation sites (N-methyl/N-ethyl adjacent to an activating group) is 1. The van der Waals surface area contributed by atoms with Crippen LogP contribution < -0.4 is 4.90 Å². The van der Waals surface area contributed by atoms with E-state index in [0.29, 0.717) is 12.3 Å². The lowest BCUT2D eigenvalue weighted by molar-refractivity contribution is 0.0594. The average Bonchev–Trinajstić information content (AvgIpc) is 2.71. The van der Waals surface area contributed by atoms with E-state index in [1.54, 1.807) is 7.11 Å². The van der Waals surface area contributed by atoms with Crippen LogP contribution >= 0.6 is 11.3 Å². The van der Waals surface area contributed by atoms with Gasteiger partial charge in [0.05, 0.1) is 13.7 Å². The Bertz CT molecular complexity index is 379. The van der Waals surface area contributed by atoms with E-state index in [1.807, 2.05) is 13.8 Å². The van der Waals surface area contributed by atoms with Crippen LogP contribution in [-0.2, 0) is 9.47 Å². The fraction of sp³-hybridized carbons (Fsp3) is 0.636. The maximum atomic E-state index is 11.5. The lowest BCUT2D eigenvalue weighted by Crippen LogP contribution is -2.26. The summed E-state index contributed by atoms with van der Waals surface area (Å²) < 4.78 is 9.73. The number of aryl methyl sites for hydroxylation is 1. The highest BCUT2D eigenvalue weighted by Gasteiger charge is 2.18. The number of thiazole rings is 1. The number of aromatic nitrogens is 1. The normalized spacial score (nSPS) is 10.4. The van der Waals surface area contributed by atoms with Crippen molar-refractivity contribution in [2.45, 2.75) is 13.8 Å². The first kappa shape index (κ1) is 13.9. The van der Waals surface area contributed by atoms with Gasteiger partial charge in [-0.05, 0) is 13.8 Å². The van der Waals surface area contributed by atoms with Crippen LogP contribution in [0.25, 0.3) is 0 Å². The molecule has 1 aromatic rings. The van der Waals surface area contributed by atoms with Gasteiger partial charge in [0.15, 0.2) is 10.8 Å². The highest BCUT2D eigenvalue weighted by Crippen LogP contribution is 2.25. The molecule has 0 atom stereocenters. The van der Waals surface area contributed by atoms with E-state index in [-0.39, 0.29) is 5.97 Å². The Morgan fingerprint density at radius 2 is 2.18 bits per heavy atom. The predicted octanol–water partition coefficient (Wildman–Crippen LogP) is 1.71. The number of carbonyl (C=O) groups excluding carboxylic acids is 1. The number of esters is 1. The predicted molar refractivity (Wildman–Crippen MR) is 68.0 cm³/mol. The molecule has 5 nitrogen and oxygen atoms in total. The molecule has 1 aromatic heterocycles. The van der Waals surface area contributed by atoms with E-state index in [4.69, 9.17) is 4.74 Å². The van der Waals surface area contributed by atoms with E-state index >= 15 is 0 Å². The quantitative estimate of drug-likeness (QED) is 0.727. The van der Waals surface area contributed by atoms with Gasteiger partial charge in [-0.1, -0.05) is 0 Å². The van der Waals surface area contributed by atoms with Gasteiger partial charge in [-0.25, -0.2) is 9.78 Å². The number of rotatable bonds is 6. The minimum absolute atomic E-state index is 0.382. The first-order valence-corrected chi connectivity index (χ1v) is 6.25. The molecule has 0 unspecified atom stereocenters. The number of methoxy groups -OCH3 is 2. The number of anilines is 1. The zero-order chi connectivity index (χ0) is 12.8. The largest absolute Gasteiger partial charge is 0.464 e. The highest BCUT2D eigenvalue weighted by molar-refractivity contribution is 7.15. The van der Waals surface area contributed by atoms with Gasteiger partial charge in [0.1, 0.15) is 0 Å². The Hall–Kier alpha value is -1.14. The maximum absolute atomic E-state index is 11.5. The average molecular weight is 258 g/mol. The van der Waals surface area contributed by atoms with Crippen molar-refractivity contribution >= 4 is 22.4 Å². The second-order valence-electron chi connectivity index (χ2n) is 3.47. The molecular weight excluding hydrogens is 240 g/mol. The lowest BCUT2D eigenvalue weighted by atomic mass is 10.4. The fourth-order valence-corrected chi connectivity index (χ4v) is 2.38. The summed E-state index contributed by atoms with van der Waals surface area (Å²) in [5.41, 5.74) is 0.406. The van der Waals surface area contributed by atoms with E-state index in [2.05, 4.69) is 14.6 Å². The lowest BCUT2D eigenvalue weighted by Gasteiger charge is -2.18. The van der Waals surface area contributed by atoms with Gasteiger partial charge in [-0.15, -0.1) is 11.3 Å². The summed E-state index contributed by atoms with van der Waals surface area (Å²) in [6.07, 6.45) is 0. The van der Waals surface area contributed by atoms with Crippen LogP contribution in [0.5, 0.6) is 0 Å². The molecule has 0 aliphatic carbocycles. The first-order valence-electron chi connectivity index (χ1n) is 5.43. The Morgan fingerprint density at radius 1 is 1.47 bits per heavy atom. The minimum atomic E-state index is -0.382. The van der Waals surface area contributed by atoms with Crippen LogP contribution in [-0.4, -0.2) is 44.9 Å². The molecule has 0 bridgehead atoms. The van der Waals surface area contributed by atoms with Gasteiger partial charge in [0.25, 0.3) is 0 Å². The summed E-state index contributed by atoms with van der Waals surface area (Å²) in [6.45, 7) is 6.15. The molecule has 96 valence electrons. The summed E-state index contributed by atoms with van der Waals surface area (Å²) in [5, 5.41) is 0.836. The molecule has 0 aliphatic rings. The molecule has 0 N–H and O–H groups in total. The van der Waals surface area contributed by atoms with E-state index in [9.17, 15) is 4.79 Å². The Labute approximate surface area is 105 Å². The number of carbonyl (C=O) groups is 1. The van der Waals surface area contributed by atoms with E-state index in [0.717, 1.165) is 23.1 Å². The second kappa shape index (κ2) is 6.56. The van der Waals surface area contributed by atoms with Crippen LogP contribution in [0.1, 0.15) is 22.3 Å². The molecule has 0 fully saturated rings. The molecule has 0 radical (unpaired) electrons. The molecule has 0 saturated carbocycles. The highest BCUT2D eigenvalue weighted by atomic mass is 32.1. The van der Waals surface area contributed by atoms with Crippen LogP contribution in [0.4, 0.5) is 5.13 Å². The molecule has 17 heavy (non-hydrogen) atoms. The fourth-order valence-electron chi connectivity index (χ4n) is 1.39. The first-order chi connectivity index (χ1) is 8.13. The zero-order valence-corrected chi connectivity index (χ0v) is 11.5. The monoisotopic (exact) mass is 258 g/mol. The third kappa shape index (κ3) is 3.41. The van der Waals surface area contributed by atoms with Crippen molar-refractivity contribution in [3.8, 4) is 0 Å². The van der Waals surface area contributed by atoms with Crippen molar-refractivity contribution in [3.05, 3.63) is 10.6 Å². The third-order valence-electron chi connectivity index (χ3n) is 2.38. The molecule has 1 heterocycles. The van der Waals surface area contributed by atoms with Crippen molar-refractivity contribution in [2.75, 3.05) is 38.8 Å². The molecule has 1 rings (SSSR count). The molecule has 0 saturated heterocycles. The van der Waals surface area contributed by atoms with Crippen LogP contribution in [0.3, 0.4) is 0 Å². The minimum Gasteiger partial charge on any atom is -0.464 e. The van der Waals surface area contributed by atoms with Gasteiger partial charge >= 0.3 is 5.97 Å². The summed E-state index contributed by atoms with van der Waals surface area (Å²) in [6, 6.07) is 0. The smallest absolute Gasteiger partial charge is 0.357 e. The van der Waals surface area contributed by atoms with Crippen molar-refractivity contribution in [1.82, 2.24) is 4.98 Å². The molecule has 0 spiro atoms. The van der Waals surface area contributed by atoms with E-state index in [1.165, 1.54) is 18.4 Å². The Balaban J connectivity index is 2.86. The van der Waals surface area contributed by atoms with Gasteiger partial charge in [-0.2, -0.15) is 0 Å². The number of hydrogen-bond acceptors (Lipinski definition) is 6. The van der Waals surface area contributed by atoms with Crippen LogP contribution in [0.2, 0.25) is 0 Å². The van der Waals surface area contributed by atoms with Crippen molar-refractivity contribution < 1.29 is 14.3 Å². The standard InChI is InChI=1S/C11H18N2O3S/c1-5-13(6-7-15-3)11-12-9(8(2)17-11)10(14)16-4/h5-7H2,1-4H3. The van der Waals surface area contributed by atoms with Crippen LogP contribution in [0, 0.1) is 6.92 Å². The molecule has 0 aliphatic heterocycles. The molecule has 6 heteroatoms. The van der Waals surface area contributed by atoms with E-state index < -0.39 is 0 Å². The van der Waals surface area contributed by atoms with Gasteiger partial charge < -0.3 is 14.4 Å². The Morgan fingerprint density at radius 3 is 2.71 bits per heavy atom. The zero-order valence-electron chi connectivity index (χ0n) is 10.6. The molecule has 0 aromatic carbocycles. The topological polar surface area (TPSA) is 51.7 Å². The summed E-state index contributed by atoms with van der Waals surface area (Å²) in [7, 11) is 3.03. The van der Waals surface area contributed by atoms with Gasteiger partial charge in [0.2, 0.25) is 0 Å². The summed E-state index contributed by atoms with van der Waals surface area (Å²) >= 11 is 1.50. The van der Waals surface area contributed by atoms with Crippen molar-refractivity contribution in [3.63, 3.8) is 0 Å². The van der Waals surface area contributed by atoms with Crippen LogP contribution in [0.15, 0.2) is 0 Å². The number of nitrogens with zero attached hydrogens (tertiary/aromatic N) is 2. The van der Waals surface area contributed by atoms with Crippen molar-refractivity contribution in [2.24, 2.45) is 0 Å². The summed E-state index contributed by atoms with van der Waals surface area (Å²) in [4.78, 5) is 18.7. The maximum Gasteiger partial charge on any atom is 0.357 e. The third-order valence-corrected chi connectivity index (χ3v) is 3.41. The number of ether oxygens (including phenoxy) is 2. The SMILES string of the molecule is CCN(CCOC)c1nc(C(=O)OC)c(C)s1. The van der Waals surface area contributed by atoms with Gasteiger partial charge in [-0.3, -0.25) is 0 Å². The molecule has 0 amide bonds. The summed E-state index contributed by atoms with van der Waals surface area (Å²) in [5.74, 6) is -0.382. The number of hydrogen-bond donors (Lipinski definition) is 0. The van der Waals surface area contributed by atoms with Crippen molar-refractivity contribution in [1.29, 1.82) is 0 Å². The molecular formula is C11H18N2O3S. The second-order valence-corrected chi connectivity index (χ2v) is 4.65. The van der Waals surface area contributed by atoms with Gasteiger partial charge in [0, 0.05) is 25.1 Å². The Kier molecular flexibility index (Phi) is 5.37.